The number of aromatic nitrogens is 1. The smallest absolute Gasteiger partial charge is 0.251 e. The SMILES string of the molecule is Cn1c(N)cccc1=O. The van der Waals surface area contributed by atoms with E-state index in [2.05, 4.69) is 0 Å². The Morgan fingerprint density at radius 2 is 2.22 bits per heavy atom. The highest BCUT2D eigenvalue weighted by Gasteiger charge is 1.89. The average molecular weight is 124 g/mol. The van der Waals surface area contributed by atoms with E-state index >= 15 is 0 Å². The standard InChI is InChI=1S/C6H8N2O/c1-8-5(7)3-2-4-6(8)9/h2-4H,7H2,1H3. The minimum absolute atomic E-state index is 0.0741. The van der Waals surface area contributed by atoms with Crippen LogP contribution in [0, 0.1) is 0 Å². The van der Waals surface area contributed by atoms with Crippen LogP contribution in [0.2, 0.25) is 0 Å². The van der Waals surface area contributed by atoms with Crippen LogP contribution < -0.4 is 11.3 Å². The van der Waals surface area contributed by atoms with E-state index < -0.39 is 0 Å². The van der Waals surface area contributed by atoms with Gasteiger partial charge in [-0.2, -0.15) is 0 Å². The number of hydrogen-bond acceptors (Lipinski definition) is 2. The first-order valence-electron chi connectivity index (χ1n) is 2.63. The zero-order valence-corrected chi connectivity index (χ0v) is 5.16. The maximum Gasteiger partial charge on any atom is 0.251 e. The second-order valence-electron chi connectivity index (χ2n) is 1.85. The van der Waals surface area contributed by atoms with Crippen molar-refractivity contribution in [1.29, 1.82) is 0 Å². The summed E-state index contributed by atoms with van der Waals surface area (Å²) in [4.78, 5) is 10.7. The number of anilines is 1. The van der Waals surface area contributed by atoms with Gasteiger partial charge in [0, 0.05) is 13.1 Å². The molecule has 0 aliphatic heterocycles. The molecule has 0 saturated heterocycles. The molecule has 1 aromatic rings. The van der Waals surface area contributed by atoms with Crippen molar-refractivity contribution in [2.24, 2.45) is 7.05 Å². The van der Waals surface area contributed by atoms with E-state index in [1.165, 1.54) is 10.6 Å². The van der Waals surface area contributed by atoms with Crippen molar-refractivity contribution in [3.05, 3.63) is 28.6 Å². The van der Waals surface area contributed by atoms with Gasteiger partial charge in [0.25, 0.3) is 5.56 Å². The summed E-state index contributed by atoms with van der Waals surface area (Å²) in [6.45, 7) is 0. The van der Waals surface area contributed by atoms with Gasteiger partial charge < -0.3 is 5.73 Å². The molecule has 0 saturated carbocycles. The molecule has 0 fully saturated rings. The molecule has 0 aromatic carbocycles. The first-order valence-corrected chi connectivity index (χ1v) is 2.63. The minimum atomic E-state index is -0.0741. The van der Waals surface area contributed by atoms with Crippen LogP contribution in [-0.4, -0.2) is 4.57 Å². The summed E-state index contributed by atoms with van der Waals surface area (Å²) < 4.78 is 1.39. The van der Waals surface area contributed by atoms with Gasteiger partial charge in [-0.15, -0.1) is 0 Å². The van der Waals surface area contributed by atoms with E-state index in [4.69, 9.17) is 5.73 Å². The van der Waals surface area contributed by atoms with Crippen LogP contribution in [0.25, 0.3) is 0 Å². The average Bonchev–Trinajstić information content (AvgIpc) is 1.83. The molecule has 0 atom stereocenters. The molecular weight excluding hydrogens is 116 g/mol. The molecule has 2 N–H and O–H groups in total. The first kappa shape index (κ1) is 5.88. The van der Waals surface area contributed by atoms with Gasteiger partial charge in [0.05, 0.1) is 0 Å². The molecule has 0 spiro atoms. The largest absolute Gasteiger partial charge is 0.385 e. The Kier molecular flexibility index (Phi) is 1.26. The summed E-state index contributed by atoms with van der Waals surface area (Å²) in [6, 6.07) is 4.79. The summed E-state index contributed by atoms with van der Waals surface area (Å²) in [5.41, 5.74) is 5.31. The van der Waals surface area contributed by atoms with E-state index in [0.29, 0.717) is 5.82 Å². The predicted octanol–water partition coefficient (Wildman–Crippen LogP) is -0.0325. The molecular formula is C6H8N2O. The minimum Gasteiger partial charge on any atom is -0.385 e. The first-order chi connectivity index (χ1) is 4.22. The topological polar surface area (TPSA) is 48.0 Å². The van der Waals surface area contributed by atoms with Gasteiger partial charge >= 0.3 is 0 Å². The monoisotopic (exact) mass is 124 g/mol. The molecule has 0 aliphatic carbocycles. The second kappa shape index (κ2) is 1.93. The number of nitrogens with two attached hydrogens (primary N) is 1. The molecule has 0 bridgehead atoms. The molecule has 3 heteroatoms. The molecule has 0 unspecified atom stereocenters. The number of rotatable bonds is 0. The zero-order chi connectivity index (χ0) is 6.85. The van der Waals surface area contributed by atoms with E-state index in [0.717, 1.165) is 0 Å². The summed E-state index contributed by atoms with van der Waals surface area (Å²) in [5.74, 6) is 0.488. The lowest BCUT2D eigenvalue weighted by molar-refractivity contribution is 0.875. The highest BCUT2D eigenvalue weighted by molar-refractivity contribution is 5.27. The van der Waals surface area contributed by atoms with Gasteiger partial charge in [0.1, 0.15) is 5.82 Å². The van der Waals surface area contributed by atoms with Gasteiger partial charge in [-0.3, -0.25) is 9.36 Å². The van der Waals surface area contributed by atoms with Gasteiger partial charge in [0.2, 0.25) is 0 Å². The number of nitrogen functional groups attached to an aromatic ring is 1. The molecule has 1 heterocycles. The van der Waals surface area contributed by atoms with Crippen LogP contribution in [0.1, 0.15) is 0 Å². The number of pyridine rings is 1. The van der Waals surface area contributed by atoms with Gasteiger partial charge in [0.15, 0.2) is 0 Å². The van der Waals surface area contributed by atoms with Crippen molar-refractivity contribution in [3.63, 3.8) is 0 Å². The van der Waals surface area contributed by atoms with Crippen molar-refractivity contribution in [1.82, 2.24) is 4.57 Å². The van der Waals surface area contributed by atoms with Crippen molar-refractivity contribution in [2.75, 3.05) is 5.73 Å². The molecule has 9 heavy (non-hydrogen) atoms. The van der Waals surface area contributed by atoms with Crippen LogP contribution in [0.15, 0.2) is 23.0 Å². The lowest BCUT2D eigenvalue weighted by Crippen LogP contribution is -2.17. The van der Waals surface area contributed by atoms with Crippen molar-refractivity contribution < 1.29 is 0 Å². The highest BCUT2D eigenvalue weighted by Crippen LogP contribution is 1.91. The Morgan fingerprint density at radius 3 is 2.67 bits per heavy atom. The summed E-state index contributed by atoms with van der Waals surface area (Å²) in [5, 5.41) is 0. The molecule has 3 nitrogen and oxygen atoms in total. The summed E-state index contributed by atoms with van der Waals surface area (Å²) in [7, 11) is 1.64. The number of hydrogen-bond donors (Lipinski definition) is 1. The van der Waals surface area contributed by atoms with Crippen LogP contribution in [0.3, 0.4) is 0 Å². The molecule has 0 aliphatic rings. The van der Waals surface area contributed by atoms with Crippen molar-refractivity contribution in [2.45, 2.75) is 0 Å². The van der Waals surface area contributed by atoms with Gasteiger partial charge in [-0.1, -0.05) is 6.07 Å². The lowest BCUT2D eigenvalue weighted by Gasteiger charge is -1.98. The van der Waals surface area contributed by atoms with E-state index in [1.807, 2.05) is 0 Å². The fourth-order valence-electron chi connectivity index (χ4n) is 0.580. The van der Waals surface area contributed by atoms with Gasteiger partial charge in [-0.25, -0.2) is 0 Å². The van der Waals surface area contributed by atoms with Crippen molar-refractivity contribution in [3.8, 4) is 0 Å². The fourth-order valence-corrected chi connectivity index (χ4v) is 0.580. The third-order valence-electron chi connectivity index (χ3n) is 1.22. The highest BCUT2D eigenvalue weighted by atomic mass is 16.1. The van der Waals surface area contributed by atoms with Gasteiger partial charge in [-0.05, 0) is 6.07 Å². The van der Waals surface area contributed by atoms with Crippen LogP contribution >= 0.6 is 0 Å². The maximum absolute atomic E-state index is 10.7. The lowest BCUT2D eigenvalue weighted by atomic mass is 10.4. The third-order valence-corrected chi connectivity index (χ3v) is 1.22. The summed E-state index contributed by atoms with van der Waals surface area (Å²) in [6.07, 6.45) is 0. The van der Waals surface area contributed by atoms with E-state index in [1.54, 1.807) is 19.2 Å². The van der Waals surface area contributed by atoms with Crippen LogP contribution in [0.4, 0.5) is 5.82 Å². The van der Waals surface area contributed by atoms with E-state index in [-0.39, 0.29) is 5.56 Å². The quantitative estimate of drug-likeness (QED) is 0.528. The molecule has 1 aromatic heterocycles. The Bertz CT molecular complexity index is 264. The Hall–Kier alpha value is -1.25. The number of nitrogens with zero attached hydrogens (tertiary/aromatic N) is 1. The van der Waals surface area contributed by atoms with Crippen molar-refractivity contribution >= 4 is 5.82 Å². The fraction of sp³-hybridized carbons (Fsp3) is 0.167. The normalized spacial score (nSPS) is 9.44. The summed E-state index contributed by atoms with van der Waals surface area (Å²) >= 11 is 0. The second-order valence-corrected chi connectivity index (χ2v) is 1.85. The predicted molar refractivity (Wildman–Crippen MR) is 36.1 cm³/mol. The van der Waals surface area contributed by atoms with Crippen LogP contribution in [0.5, 0.6) is 0 Å². The molecule has 0 amide bonds. The van der Waals surface area contributed by atoms with Crippen LogP contribution in [-0.2, 0) is 7.05 Å². The maximum atomic E-state index is 10.7. The Labute approximate surface area is 52.7 Å². The zero-order valence-electron chi connectivity index (χ0n) is 5.16. The Balaban J connectivity index is 3.43. The molecule has 0 radical (unpaired) electrons. The Morgan fingerprint density at radius 1 is 1.56 bits per heavy atom. The molecule has 1 rings (SSSR count). The third kappa shape index (κ3) is 0.937. The van der Waals surface area contributed by atoms with E-state index in [9.17, 15) is 4.79 Å². The molecule has 48 valence electrons.